The van der Waals surface area contributed by atoms with E-state index in [0.29, 0.717) is 12.2 Å². The number of amides is 2. The predicted molar refractivity (Wildman–Crippen MR) is 138 cm³/mol. The molecule has 0 radical (unpaired) electrons. The van der Waals surface area contributed by atoms with Crippen LogP contribution < -0.4 is 14.9 Å². The molecule has 3 aromatic carbocycles. The molecule has 1 heterocycles. The average molecular weight is 526 g/mol. The minimum Gasteiger partial charge on any atom is -0.335 e. The van der Waals surface area contributed by atoms with Gasteiger partial charge in [-0.05, 0) is 55.0 Å². The average Bonchev–Trinajstić information content (AvgIpc) is 3.24. The van der Waals surface area contributed by atoms with Crippen molar-refractivity contribution in [1.29, 1.82) is 0 Å². The second kappa shape index (κ2) is 10.1. The van der Waals surface area contributed by atoms with Crippen molar-refractivity contribution in [2.75, 3.05) is 10.8 Å². The maximum Gasteiger partial charge on any atom is 0.315 e. The van der Waals surface area contributed by atoms with Gasteiger partial charge in [0.05, 0.1) is 10.6 Å². The topological polar surface area (TPSA) is 78.5 Å². The molecule has 1 aliphatic carbocycles. The summed E-state index contributed by atoms with van der Waals surface area (Å²) >= 11 is 0. The predicted octanol–water partition coefficient (Wildman–Crippen LogP) is 5.51. The SMILES string of the molecule is O=C(NCc1ccccc1)NC1CCC2(CC1)CN(S(=O)(=O)c1ccc(C(F)F)cc1)c1ccccc12. The number of carbonyl (C=O) groups excluding carboxylic acids is 1. The lowest BCUT2D eigenvalue weighted by Gasteiger charge is -2.38. The van der Waals surface area contributed by atoms with Crippen molar-refractivity contribution < 1.29 is 22.0 Å². The molecule has 2 N–H and O–H groups in total. The molecular weight excluding hydrogens is 496 g/mol. The number of anilines is 1. The third kappa shape index (κ3) is 5.05. The highest BCUT2D eigenvalue weighted by Gasteiger charge is 2.48. The number of fused-ring (bicyclic) bond motifs is 2. The summed E-state index contributed by atoms with van der Waals surface area (Å²) in [5.74, 6) is 0. The first-order valence-electron chi connectivity index (χ1n) is 12.4. The summed E-state index contributed by atoms with van der Waals surface area (Å²) < 4.78 is 54.5. The zero-order valence-electron chi connectivity index (χ0n) is 20.2. The molecule has 0 unspecified atom stereocenters. The van der Waals surface area contributed by atoms with Crippen LogP contribution in [0.25, 0.3) is 0 Å². The number of hydrogen-bond donors (Lipinski definition) is 2. The van der Waals surface area contributed by atoms with E-state index in [9.17, 15) is 22.0 Å². The third-order valence-electron chi connectivity index (χ3n) is 7.48. The van der Waals surface area contributed by atoms with Crippen molar-refractivity contribution in [3.63, 3.8) is 0 Å². The Morgan fingerprint density at radius 3 is 2.27 bits per heavy atom. The Hall–Kier alpha value is -3.46. The molecule has 6 nitrogen and oxygen atoms in total. The summed E-state index contributed by atoms with van der Waals surface area (Å²) in [5.41, 5.74) is 2.07. The number of alkyl halides is 2. The Balaban J connectivity index is 1.28. The van der Waals surface area contributed by atoms with Crippen LogP contribution in [0.4, 0.5) is 19.3 Å². The summed E-state index contributed by atoms with van der Waals surface area (Å²) in [4.78, 5) is 12.4. The molecule has 37 heavy (non-hydrogen) atoms. The van der Waals surface area contributed by atoms with Crippen LogP contribution in [0.5, 0.6) is 0 Å². The number of halogens is 2. The van der Waals surface area contributed by atoms with Crippen molar-refractivity contribution in [2.24, 2.45) is 0 Å². The molecule has 5 rings (SSSR count). The van der Waals surface area contributed by atoms with Gasteiger partial charge >= 0.3 is 6.03 Å². The van der Waals surface area contributed by atoms with E-state index in [1.54, 1.807) is 6.07 Å². The molecule has 0 atom stereocenters. The largest absolute Gasteiger partial charge is 0.335 e. The fraction of sp³-hybridized carbons (Fsp3) is 0.321. The molecule has 1 spiro atoms. The molecule has 0 aromatic heterocycles. The summed E-state index contributed by atoms with van der Waals surface area (Å²) in [7, 11) is -3.93. The van der Waals surface area contributed by atoms with Crippen molar-refractivity contribution in [1.82, 2.24) is 10.6 Å². The lowest BCUT2D eigenvalue weighted by molar-refractivity contribution is 0.151. The Bertz CT molecular complexity index is 1360. The van der Waals surface area contributed by atoms with Gasteiger partial charge in [0.1, 0.15) is 0 Å². The van der Waals surface area contributed by atoms with Crippen LogP contribution in [0.1, 0.15) is 48.8 Å². The van der Waals surface area contributed by atoms with Crippen LogP contribution >= 0.6 is 0 Å². The first kappa shape index (κ1) is 25.2. The number of nitrogens with zero attached hydrogens (tertiary/aromatic N) is 1. The van der Waals surface area contributed by atoms with Gasteiger partial charge in [0.25, 0.3) is 16.4 Å². The number of para-hydroxylation sites is 1. The number of nitrogens with one attached hydrogen (secondary N) is 2. The summed E-state index contributed by atoms with van der Waals surface area (Å²) in [6.45, 7) is 0.736. The number of urea groups is 1. The molecule has 2 amide bonds. The van der Waals surface area contributed by atoms with E-state index in [2.05, 4.69) is 10.6 Å². The van der Waals surface area contributed by atoms with Crippen molar-refractivity contribution >= 4 is 21.7 Å². The molecular formula is C28H29F2N3O3S. The van der Waals surface area contributed by atoms with Crippen molar-refractivity contribution in [2.45, 2.75) is 55.0 Å². The molecule has 1 aliphatic heterocycles. The second-order valence-electron chi connectivity index (χ2n) is 9.77. The molecule has 1 saturated carbocycles. The van der Waals surface area contributed by atoms with Crippen LogP contribution in [-0.4, -0.2) is 27.0 Å². The molecule has 9 heteroatoms. The van der Waals surface area contributed by atoms with E-state index in [1.807, 2.05) is 48.5 Å². The van der Waals surface area contributed by atoms with Gasteiger partial charge in [-0.1, -0.05) is 60.7 Å². The quantitative estimate of drug-likeness (QED) is 0.445. The van der Waals surface area contributed by atoms with E-state index in [4.69, 9.17) is 0 Å². The Labute approximate surface area is 215 Å². The van der Waals surface area contributed by atoms with E-state index in [0.717, 1.165) is 48.9 Å². The molecule has 0 saturated heterocycles. The number of benzene rings is 3. The van der Waals surface area contributed by atoms with E-state index < -0.39 is 16.4 Å². The van der Waals surface area contributed by atoms with Gasteiger partial charge < -0.3 is 10.6 Å². The maximum absolute atomic E-state index is 13.6. The molecule has 3 aromatic rings. The number of sulfonamides is 1. The Morgan fingerprint density at radius 1 is 0.946 bits per heavy atom. The van der Waals surface area contributed by atoms with E-state index >= 15 is 0 Å². The van der Waals surface area contributed by atoms with Crippen LogP contribution in [0.3, 0.4) is 0 Å². The van der Waals surface area contributed by atoms with E-state index in [1.165, 1.54) is 16.4 Å². The van der Waals surface area contributed by atoms with Crippen molar-refractivity contribution in [3.05, 3.63) is 95.6 Å². The van der Waals surface area contributed by atoms with Gasteiger partial charge in [-0.25, -0.2) is 22.0 Å². The van der Waals surface area contributed by atoms with Gasteiger partial charge in [0.2, 0.25) is 0 Å². The van der Waals surface area contributed by atoms with Gasteiger partial charge in [0.15, 0.2) is 0 Å². The molecule has 1 fully saturated rings. The zero-order chi connectivity index (χ0) is 26.0. The molecule has 0 bridgehead atoms. The van der Waals surface area contributed by atoms with Gasteiger partial charge in [-0.3, -0.25) is 4.31 Å². The summed E-state index contributed by atoms with van der Waals surface area (Å²) in [6, 6.07) is 21.8. The standard InChI is InChI=1S/C28H29F2N3O3S/c29-26(30)21-10-12-23(13-11-21)37(35,36)33-19-28(24-8-4-5-9-25(24)33)16-14-22(15-17-28)32-27(34)31-18-20-6-2-1-3-7-20/h1-13,22,26H,14-19H2,(H2,31,32,34). The van der Waals surface area contributed by atoms with Crippen LogP contribution in [0.2, 0.25) is 0 Å². The second-order valence-corrected chi connectivity index (χ2v) is 11.6. The number of carbonyl (C=O) groups is 1. The lowest BCUT2D eigenvalue weighted by Crippen LogP contribution is -2.47. The third-order valence-corrected chi connectivity index (χ3v) is 9.26. The normalized spacial score (nSPS) is 21.2. The minimum absolute atomic E-state index is 0.00103. The van der Waals surface area contributed by atoms with Gasteiger partial charge in [-0.2, -0.15) is 0 Å². The Morgan fingerprint density at radius 2 is 1.59 bits per heavy atom. The van der Waals surface area contributed by atoms with E-state index in [-0.39, 0.29) is 34.5 Å². The van der Waals surface area contributed by atoms with Crippen molar-refractivity contribution in [3.8, 4) is 0 Å². The highest BCUT2D eigenvalue weighted by atomic mass is 32.2. The van der Waals surface area contributed by atoms with Crippen LogP contribution in [0, 0.1) is 0 Å². The van der Waals surface area contributed by atoms with Crippen LogP contribution in [0.15, 0.2) is 83.8 Å². The highest BCUT2D eigenvalue weighted by Crippen LogP contribution is 2.50. The smallest absolute Gasteiger partial charge is 0.315 e. The first-order chi connectivity index (χ1) is 17.8. The summed E-state index contributed by atoms with van der Waals surface area (Å²) in [6.07, 6.45) is 0.249. The summed E-state index contributed by atoms with van der Waals surface area (Å²) in [5, 5.41) is 5.95. The monoisotopic (exact) mass is 525 g/mol. The zero-order valence-corrected chi connectivity index (χ0v) is 21.1. The van der Waals surface area contributed by atoms with Gasteiger partial charge in [0, 0.05) is 30.1 Å². The minimum atomic E-state index is -3.93. The fourth-order valence-corrected chi connectivity index (χ4v) is 7.04. The number of hydrogen-bond acceptors (Lipinski definition) is 3. The lowest BCUT2D eigenvalue weighted by atomic mass is 9.69. The molecule has 194 valence electrons. The Kier molecular flexibility index (Phi) is 6.90. The maximum atomic E-state index is 13.6. The number of rotatable bonds is 6. The first-order valence-corrected chi connectivity index (χ1v) is 13.8. The highest BCUT2D eigenvalue weighted by molar-refractivity contribution is 7.92. The van der Waals surface area contributed by atoms with Crippen LogP contribution in [-0.2, 0) is 22.0 Å². The van der Waals surface area contributed by atoms with Gasteiger partial charge in [-0.15, -0.1) is 0 Å². The molecule has 2 aliphatic rings. The fourth-order valence-electron chi connectivity index (χ4n) is 5.47.